The first-order chi connectivity index (χ1) is 8.58. The van der Waals surface area contributed by atoms with Crippen molar-refractivity contribution in [3.8, 4) is 0 Å². The first kappa shape index (κ1) is 13.3. The van der Waals surface area contributed by atoms with E-state index in [1.54, 1.807) is 12.3 Å². The van der Waals surface area contributed by atoms with Crippen LogP contribution in [0.2, 0.25) is 0 Å². The first-order valence-electron chi connectivity index (χ1n) is 5.88. The van der Waals surface area contributed by atoms with E-state index in [0.717, 1.165) is 17.5 Å². The van der Waals surface area contributed by atoms with Gasteiger partial charge in [-0.1, -0.05) is 0 Å². The number of amides is 1. The molecule has 1 aliphatic heterocycles. The number of nitrogens with two attached hydrogens (primary N) is 1. The van der Waals surface area contributed by atoms with Gasteiger partial charge in [-0.15, -0.1) is 0 Å². The van der Waals surface area contributed by atoms with E-state index in [-0.39, 0.29) is 17.8 Å². The first-order valence-corrected chi connectivity index (χ1v) is 6.68. The van der Waals surface area contributed by atoms with E-state index in [2.05, 4.69) is 26.2 Å². The number of anilines is 1. The highest BCUT2D eigenvalue weighted by Gasteiger charge is 2.24. The molecular formula is C12H16BrN3O2. The molecule has 0 aromatic carbocycles. The fraction of sp³-hybridized carbons (Fsp3) is 0.500. The molecule has 2 unspecified atom stereocenters. The molecule has 5 nitrogen and oxygen atoms in total. The normalized spacial score (nSPS) is 23.0. The molecular weight excluding hydrogens is 298 g/mol. The van der Waals surface area contributed by atoms with Crippen molar-refractivity contribution in [1.82, 2.24) is 10.3 Å². The molecule has 18 heavy (non-hydrogen) atoms. The lowest BCUT2D eigenvalue weighted by molar-refractivity contribution is 0.0908. The highest BCUT2D eigenvalue weighted by atomic mass is 79.9. The molecule has 1 aromatic rings. The largest absolute Gasteiger partial charge is 0.383 e. The molecule has 98 valence electrons. The van der Waals surface area contributed by atoms with Gasteiger partial charge in [0.15, 0.2) is 0 Å². The summed E-state index contributed by atoms with van der Waals surface area (Å²) in [5.41, 5.74) is 6.08. The zero-order valence-corrected chi connectivity index (χ0v) is 11.7. The Morgan fingerprint density at radius 3 is 3.17 bits per heavy atom. The minimum absolute atomic E-state index is 0.194. The second-order valence-electron chi connectivity index (χ2n) is 4.42. The quantitative estimate of drug-likeness (QED) is 0.888. The van der Waals surface area contributed by atoms with Crippen LogP contribution in [0.25, 0.3) is 0 Å². The number of aromatic nitrogens is 1. The van der Waals surface area contributed by atoms with E-state index in [4.69, 9.17) is 10.5 Å². The van der Waals surface area contributed by atoms with E-state index in [1.165, 1.54) is 0 Å². The summed E-state index contributed by atoms with van der Waals surface area (Å²) in [7, 11) is 0. The third-order valence-corrected chi connectivity index (χ3v) is 3.62. The molecule has 2 rings (SSSR count). The summed E-state index contributed by atoms with van der Waals surface area (Å²) in [5.74, 6) is 0.419. The lowest BCUT2D eigenvalue weighted by atomic mass is 10.0. The van der Waals surface area contributed by atoms with Gasteiger partial charge in [0.1, 0.15) is 5.82 Å². The Hall–Kier alpha value is -1.14. The average molecular weight is 314 g/mol. The highest BCUT2D eigenvalue weighted by molar-refractivity contribution is 9.10. The SMILES string of the molecule is CC1OCCC1CNC(=O)c1cc(Br)cnc1N. The summed E-state index contributed by atoms with van der Waals surface area (Å²) < 4.78 is 6.19. The minimum atomic E-state index is -0.194. The van der Waals surface area contributed by atoms with E-state index >= 15 is 0 Å². The van der Waals surface area contributed by atoms with E-state index < -0.39 is 0 Å². The second kappa shape index (κ2) is 5.67. The van der Waals surface area contributed by atoms with Crippen LogP contribution in [0.1, 0.15) is 23.7 Å². The number of carbonyl (C=O) groups excluding carboxylic acids is 1. The van der Waals surface area contributed by atoms with Crippen molar-refractivity contribution in [2.45, 2.75) is 19.4 Å². The Kier molecular flexibility index (Phi) is 4.19. The van der Waals surface area contributed by atoms with Crippen molar-refractivity contribution >= 4 is 27.7 Å². The van der Waals surface area contributed by atoms with Crippen molar-refractivity contribution in [3.63, 3.8) is 0 Å². The monoisotopic (exact) mass is 313 g/mol. The van der Waals surface area contributed by atoms with Gasteiger partial charge in [0.05, 0.1) is 11.7 Å². The third-order valence-electron chi connectivity index (χ3n) is 3.19. The summed E-state index contributed by atoms with van der Waals surface area (Å²) in [4.78, 5) is 15.9. The topological polar surface area (TPSA) is 77.2 Å². The van der Waals surface area contributed by atoms with Crippen molar-refractivity contribution < 1.29 is 9.53 Å². The molecule has 1 saturated heterocycles. The summed E-state index contributed by atoms with van der Waals surface area (Å²) in [6, 6.07) is 1.67. The number of nitrogens with one attached hydrogen (secondary N) is 1. The number of pyridine rings is 1. The van der Waals surface area contributed by atoms with Crippen molar-refractivity contribution in [1.29, 1.82) is 0 Å². The molecule has 0 radical (unpaired) electrons. The van der Waals surface area contributed by atoms with Crippen LogP contribution >= 0.6 is 15.9 Å². The molecule has 1 fully saturated rings. The predicted octanol–water partition coefficient (Wildman–Crippen LogP) is 1.58. The molecule has 0 saturated carbocycles. The Morgan fingerprint density at radius 2 is 2.50 bits per heavy atom. The fourth-order valence-corrected chi connectivity index (χ4v) is 2.33. The van der Waals surface area contributed by atoms with E-state index in [1.807, 2.05) is 6.92 Å². The van der Waals surface area contributed by atoms with Crippen LogP contribution in [0.4, 0.5) is 5.82 Å². The maximum absolute atomic E-state index is 12.0. The van der Waals surface area contributed by atoms with Gasteiger partial charge in [-0.05, 0) is 35.3 Å². The number of halogens is 1. The molecule has 1 amide bonds. The van der Waals surface area contributed by atoms with Crippen molar-refractivity contribution in [3.05, 3.63) is 22.3 Å². The maximum Gasteiger partial charge on any atom is 0.255 e. The lowest BCUT2D eigenvalue weighted by Gasteiger charge is -2.15. The molecule has 3 N–H and O–H groups in total. The van der Waals surface area contributed by atoms with Crippen molar-refractivity contribution in [2.24, 2.45) is 5.92 Å². The summed E-state index contributed by atoms with van der Waals surface area (Å²) in [5, 5.41) is 2.88. The standard InChI is InChI=1S/C12H16BrN3O2/c1-7-8(2-3-18-7)5-16-12(17)10-4-9(13)6-15-11(10)14/h4,6-8H,2-3,5H2,1H3,(H2,14,15)(H,16,17). The number of nitrogens with zero attached hydrogens (tertiary/aromatic N) is 1. The second-order valence-corrected chi connectivity index (χ2v) is 5.34. The van der Waals surface area contributed by atoms with Gasteiger partial charge < -0.3 is 15.8 Å². The van der Waals surface area contributed by atoms with Crippen LogP contribution < -0.4 is 11.1 Å². The van der Waals surface area contributed by atoms with Gasteiger partial charge in [0.25, 0.3) is 5.91 Å². The maximum atomic E-state index is 12.0. The van der Waals surface area contributed by atoms with Crippen LogP contribution in [-0.4, -0.2) is 30.1 Å². The zero-order chi connectivity index (χ0) is 13.1. The van der Waals surface area contributed by atoms with E-state index in [0.29, 0.717) is 18.0 Å². The summed E-state index contributed by atoms with van der Waals surface area (Å²) in [6.07, 6.45) is 2.75. The van der Waals surface area contributed by atoms with Gasteiger partial charge in [0, 0.05) is 29.7 Å². The highest BCUT2D eigenvalue weighted by Crippen LogP contribution is 2.20. The average Bonchev–Trinajstić information content (AvgIpc) is 2.75. The molecule has 1 aromatic heterocycles. The number of nitrogen functional groups attached to an aromatic ring is 1. The van der Waals surface area contributed by atoms with Gasteiger partial charge in [-0.2, -0.15) is 0 Å². The van der Waals surface area contributed by atoms with Crippen LogP contribution in [0.3, 0.4) is 0 Å². The molecule has 2 heterocycles. The van der Waals surface area contributed by atoms with Gasteiger partial charge >= 0.3 is 0 Å². The van der Waals surface area contributed by atoms with Crippen molar-refractivity contribution in [2.75, 3.05) is 18.9 Å². The molecule has 0 bridgehead atoms. The van der Waals surface area contributed by atoms with Gasteiger partial charge in [0.2, 0.25) is 0 Å². The number of carbonyl (C=O) groups is 1. The molecule has 2 atom stereocenters. The van der Waals surface area contributed by atoms with Crippen LogP contribution in [0.15, 0.2) is 16.7 Å². The predicted molar refractivity (Wildman–Crippen MR) is 72.2 cm³/mol. The third kappa shape index (κ3) is 3.00. The number of rotatable bonds is 3. The van der Waals surface area contributed by atoms with Crippen LogP contribution in [-0.2, 0) is 4.74 Å². The molecule has 6 heteroatoms. The number of hydrogen-bond donors (Lipinski definition) is 2. The molecule has 0 aliphatic carbocycles. The Balaban J connectivity index is 1.97. The zero-order valence-electron chi connectivity index (χ0n) is 10.1. The Morgan fingerprint density at radius 1 is 1.72 bits per heavy atom. The Labute approximate surface area is 114 Å². The number of ether oxygens (including phenoxy) is 1. The minimum Gasteiger partial charge on any atom is -0.383 e. The van der Waals surface area contributed by atoms with Gasteiger partial charge in [-0.3, -0.25) is 4.79 Å². The smallest absolute Gasteiger partial charge is 0.255 e. The number of hydrogen-bond acceptors (Lipinski definition) is 4. The lowest BCUT2D eigenvalue weighted by Crippen LogP contribution is -2.32. The Bertz CT molecular complexity index is 453. The van der Waals surface area contributed by atoms with E-state index in [9.17, 15) is 4.79 Å². The van der Waals surface area contributed by atoms with Gasteiger partial charge in [-0.25, -0.2) is 4.98 Å². The fourth-order valence-electron chi connectivity index (χ4n) is 1.99. The van der Waals surface area contributed by atoms with Crippen LogP contribution in [0, 0.1) is 5.92 Å². The molecule has 1 aliphatic rings. The summed E-state index contributed by atoms with van der Waals surface area (Å²) >= 11 is 3.27. The van der Waals surface area contributed by atoms with Crippen LogP contribution in [0.5, 0.6) is 0 Å². The summed E-state index contributed by atoms with van der Waals surface area (Å²) in [6.45, 7) is 3.40. The molecule has 0 spiro atoms.